The number of benzene rings is 2. The molecule has 27 heavy (non-hydrogen) atoms. The number of ether oxygens (including phenoxy) is 1. The minimum Gasteiger partial charge on any atom is -0.380 e. The van der Waals surface area contributed by atoms with E-state index in [0.717, 1.165) is 22.3 Å². The summed E-state index contributed by atoms with van der Waals surface area (Å²) in [5.41, 5.74) is 4.15. The Morgan fingerprint density at radius 1 is 0.889 bits per heavy atom. The summed E-state index contributed by atoms with van der Waals surface area (Å²) in [7, 11) is 1.71. The molecule has 0 radical (unpaired) electrons. The number of hydrogen-bond acceptors (Lipinski definition) is 5. The molecule has 0 spiro atoms. The first-order valence-electron chi connectivity index (χ1n) is 8.82. The van der Waals surface area contributed by atoms with Gasteiger partial charge >= 0.3 is 0 Å². The number of hydrogen-bond donors (Lipinski definition) is 1. The summed E-state index contributed by atoms with van der Waals surface area (Å²) in [5.74, 6) is 1.47. The van der Waals surface area contributed by atoms with Crippen molar-refractivity contribution < 1.29 is 4.74 Å². The number of anilines is 1. The maximum atomic E-state index is 5.31. The van der Waals surface area contributed by atoms with Crippen LogP contribution in [-0.2, 0) is 17.9 Å². The highest BCUT2D eigenvalue weighted by Gasteiger charge is 2.10. The molecule has 0 aliphatic heterocycles. The average Bonchev–Trinajstić information content (AvgIpc) is 2.73. The molecule has 5 nitrogen and oxygen atoms in total. The van der Waals surface area contributed by atoms with Crippen LogP contribution in [0.3, 0.4) is 0 Å². The molecule has 4 rings (SSSR count). The molecule has 5 heteroatoms. The van der Waals surface area contributed by atoms with E-state index in [1.165, 1.54) is 11.1 Å². The molecule has 0 aliphatic rings. The van der Waals surface area contributed by atoms with Gasteiger partial charge in [-0.2, -0.15) is 0 Å². The number of pyridine rings is 1. The van der Waals surface area contributed by atoms with Gasteiger partial charge in [-0.05, 0) is 35.4 Å². The zero-order valence-electron chi connectivity index (χ0n) is 15.1. The van der Waals surface area contributed by atoms with Crippen molar-refractivity contribution in [2.75, 3.05) is 12.4 Å². The van der Waals surface area contributed by atoms with Gasteiger partial charge in [-0.1, -0.05) is 36.4 Å². The van der Waals surface area contributed by atoms with E-state index in [2.05, 4.69) is 22.4 Å². The first kappa shape index (κ1) is 17.1. The fourth-order valence-electron chi connectivity index (χ4n) is 3.04. The van der Waals surface area contributed by atoms with Crippen LogP contribution in [0.25, 0.3) is 22.3 Å². The molecule has 134 valence electrons. The zero-order valence-corrected chi connectivity index (χ0v) is 15.1. The number of rotatable bonds is 6. The van der Waals surface area contributed by atoms with Crippen LogP contribution >= 0.6 is 0 Å². The summed E-state index contributed by atoms with van der Waals surface area (Å²) in [6.45, 7) is 1.25. The van der Waals surface area contributed by atoms with Crippen LogP contribution in [0.5, 0.6) is 0 Å². The van der Waals surface area contributed by atoms with E-state index in [-0.39, 0.29) is 0 Å². The summed E-state index contributed by atoms with van der Waals surface area (Å²) in [4.78, 5) is 13.6. The van der Waals surface area contributed by atoms with Gasteiger partial charge in [0.15, 0.2) is 5.82 Å². The fraction of sp³-hybridized carbons (Fsp3) is 0.136. The number of nitrogens with zero attached hydrogens (tertiary/aromatic N) is 3. The van der Waals surface area contributed by atoms with Crippen LogP contribution in [0, 0.1) is 0 Å². The third-order valence-corrected chi connectivity index (χ3v) is 4.39. The van der Waals surface area contributed by atoms with Crippen LogP contribution in [0.15, 0.2) is 73.1 Å². The highest BCUT2D eigenvalue weighted by atomic mass is 16.5. The molecule has 0 unspecified atom stereocenters. The number of aromatic nitrogens is 3. The molecule has 0 amide bonds. The van der Waals surface area contributed by atoms with Gasteiger partial charge in [0.2, 0.25) is 0 Å². The molecule has 0 saturated heterocycles. The van der Waals surface area contributed by atoms with Crippen LogP contribution in [0.4, 0.5) is 5.82 Å². The zero-order chi connectivity index (χ0) is 18.5. The van der Waals surface area contributed by atoms with Crippen LogP contribution in [0.1, 0.15) is 11.1 Å². The molecule has 2 aromatic carbocycles. The van der Waals surface area contributed by atoms with Gasteiger partial charge in [-0.15, -0.1) is 0 Å². The normalized spacial score (nSPS) is 10.9. The van der Waals surface area contributed by atoms with Crippen molar-refractivity contribution in [1.82, 2.24) is 15.0 Å². The highest BCUT2D eigenvalue weighted by molar-refractivity contribution is 5.90. The minimum atomic E-state index is 0.587. The first-order chi connectivity index (χ1) is 13.3. The third-order valence-electron chi connectivity index (χ3n) is 4.39. The van der Waals surface area contributed by atoms with E-state index in [4.69, 9.17) is 14.7 Å². The van der Waals surface area contributed by atoms with Crippen molar-refractivity contribution in [2.24, 2.45) is 0 Å². The van der Waals surface area contributed by atoms with Gasteiger partial charge in [0.1, 0.15) is 5.82 Å². The van der Waals surface area contributed by atoms with Crippen molar-refractivity contribution in [3.05, 3.63) is 84.2 Å². The van der Waals surface area contributed by atoms with E-state index in [0.29, 0.717) is 19.0 Å². The predicted octanol–water partition coefficient (Wildman–Crippen LogP) is 4.45. The lowest BCUT2D eigenvalue weighted by molar-refractivity contribution is 0.184. The summed E-state index contributed by atoms with van der Waals surface area (Å²) in [5, 5.41) is 4.48. The fourth-order valence-corrected chi connectivity index (χ4v) is 3.04. The molecule has 0 saturated carbocycles. The molecular formula is C22H20N4O. The second kappa shape index (κ2) is 7.93. The molecule has 2 heterocycles. The standard InChI is InChI=1S/C22H20N4O/c1-27-15-18-8-3-2-7-16(18)14-24-22-19-10-4-5-11-20(19)25-21(26-22)17-9-6-12-23-13-17/h2-13H,14-15H2,1H3,(H,24,25,26). The molecule has 0 bridgehead atoms. The minimum absolute atomic E-state index is 0.587. The lowest BCUT2D eigenvalue weighted by atomic mass is 10.1. The van der Waals surface area contributed by atoms with Crippen molar-refractivity contribution in [3.8, 4) is 11.4 Å². The van der Waals surface area contributed by atoms with E-state index in [9.17, 15) is 0 Å². The molecule has 4 aromatic rings. The van der Waals surface area contributed by atoms with E-state index >= 15 is 0 Å². The van der Waals surface area contributed by atoms with Gasteiger partial charge in [-0.3, -0.25) is 4.98 Å². The largest absolute Gasteiger partial charge is 0.380 e. The Kier molecular flexibility index (Phi) is 5.03. The number of methoxy groups -OCH3 is 1. The van der Waals surface area contributed by atoms with Gasteiger partial charge in [-0.25, -0.2) is 9.97 Å². The summed E-state index contributed by atoms with van der Waals surface area (Å²) in [6, 6.07) is 20.1. The third kappa shape index (κ3) is 3.78. The molecule has 2 aromatic heterocycles. The second-order valence-electron chi connectivity index (χ2n) is 6.21. The maximum Gasteiger partial charge on any atom is 0.163 e. The van der Waals surface area contributed by atoms with E-state index in [1.54, 1.807) is 19.5 Å². The first-order valence-corrected chi connectivity index (χ1v) is 8.82. The number of para-hydroxylation sites is 1. The maximum absolute atomic E-state index is 5.31. The summed E-state index contributed by atoms with van der Waals surface area (Å²) in [6.07, 6.45) is 3.53. The Balaban J connectivity index is 1.71. The van der Waals surface area contributed by atoms with Crippen molar-refractivity contribution in [1.29, 1.82) is 0 Å². The molecular weight excluding hydrogens is 336 g/mol. The number of fused-ring (bicyclic) bond motifs is 1. The quantitative estimate of drug-likeness (QED) is 0.553. The van der Waals surface area contributed by atoms with Crippen molar-refractivity contribution in [2.45, 2.75) is 13.2 Å². The van der Waals surface area contributed by atoms with Crippen LogP contribution < -0.4 is 5.32 Å². The van der Waals surface area contributed by atoms with Crippen molar-refractivity contribution >= 4 is 16.7 Å². The summed E-state index contributed by atoms with van der Waals surface area (Å²) >= 11 is 0. The average molecular weight is 356 g/mol. The lowest BCUT2D eigenvalue weighted by Crippen LogP contribution is -2.06. The Morgan fingerprint density at radius 2 is 1.70 bits per heavy atom. The highest BCUT2D eigenvalue weighted by Crippen LogP contribution is 2.25. The Hall–Kier alpha value is -3.31. The van der Waals surface area contributed by atoms with Gasteiger partial charge in [0, 0.05) is 37.0 Å². The van der Waals surface area contributed by atoms with Gasteiger partial charge in [0.25, 0.3) is 0 Å². The van der Waals surface area contributed by atoms with Gasteiger partial charge in [0.05, 0.1) is 12.1 Å². The van der Waals surface area contributed by atoms with Gasteiger partial charge < -0.3 is 10.1 Å². The number of nitrogens with one attached hydrogen (secondary N) is 1. The van der Waals surface area contributed by atoms with Crippen LogP contribution in [-0.4, -0.2) is 22.1 Å². The summed E-state index contributed by atoms with van der Waals surface area (Å²) < 4.78 is 5.31. The van der Waals surface area contributed by atoms with Crippen molar-refractivity contribution in [3.63, 3.8) is 0 Å². The SMILES string of the molecule is COCc1ccccc1CNc1nc(-c2cccnc2)nc2ccccc12. The Labute approximate surface area is 158 Å². The Morgan fingerprint density at radius 3 is 2.52 bits per heavy atom. The smallest absolute Gasteiger partial charge is 0.163 e. The van der Waals surface area contributed by atoms with E-state index in [1.807, 2.05) is 48.5 Å². The van der Waals surface area contributed by atoms with Crippen LogP contribution in [0.2, 0.25) is 0 Å². The van der Waals surface area contributed by atoms with E-state index < -0.39 is 0 Å². The molecule has 0 atom stereocenters. The Bertz CT molecular complexity index is 1050. The lowest BCUT2D eigenvalue weighted by Gasteiger charge is -2.13. The molecule has 0 aliphatic carbocycles. The second-order valence-corrected chi connectivity index (χ2v) is 6.21. The topological polar surface area (TPSA) is 59.9 Å². The molecule has 0 fully saturated rings. The monoisotopic (exact) mass is 356 g/mol. The molecule has 1 N–H and O–H groups in total. The predicted molar refractivity (Wildman–Crippen MR) is 107 cm³/mol.